The van der Waals surface area contributed by atoms with Gasteiger partial charge < -0.3 is 10.2 Å². The predicted octanol–water partition coefficient (Wildman–Crippen LogP) is 3.31. The minimum Gasteiger partial charge on any atom is -0.353 e. The third-order valence-electron chi connectivity index (χ3n) is 4.62. The van der Waals surface area contributed by atoms with Gasteiger partial charge in [0.15, 0.2) is 5.13 Å². The van der Waals surface area contributed by atoms with Gasteiger partial charge in [-0.15, -0.1) is 11.3 Å². The zero-order valence-corrected chi connectivity index (χ0v) is 13.9. The minimum absolute atomic E-state index is 0.181. The van der Waals surface area contributed by atoms with Gasteiger partial charge in [-0.25, -0.2) is 4.98 Å². The van der Waals surface area contributed by atoms with E-state index in [-0.39, 0.29) is 11.8 Å². The Labute approximate surface area is 140 Å². The van der Waals surface area contributed by atoms with Gasteiger partial charge in [0.1, 0.15) is 0 Å². The molecular weight excluding hydrogens is 306 g/mol. The molecule has 23 heavy (non-hydrogen) atoms. The zero-order chi connectivity index (χ0) is 15.6. The summed E-state index contributed by atoms with van der Waals surface area (Å²) in [6.45, 7) is 1.84. The summed E-state index contributed by atoms with van der Waals surface area (Å²) >= 11 is 1.70. The number of rotatable bonds is 4. The molecule has 1 aromatic heterocycles. The normalized spacial score (nSPS) is 18.9. The summed E-state index contributed by atoms with van der Waals surface area (Å²) in [5.41, 5.74) is 2.20. The number of hydrogen-bond donors (Lipinski definition) is 1. The average molecular weight is 327 g/mol. The topological polar surface area (TPSA) is 45.2 Å². The summed E-state index contributed by atoms with van der Waals surface area (Å²) in [5, 5.41) is 6.33. The molecule has 2 aromatic rings. The number of nitrogens with zero attached hydrogens (tertiary/aromatic N) is 2. The monoisotopic (exact) mass is 327 g/mol. The lowest BCUT2D eigenvalue weighted by Crippen LogP contribution is -2.41. The molecule has 1 aliphatic carbocycles. The Morgan fingerprint density at radius 3 is 2.57 bits per heavy atom. The summed E-state index contributed by atoms with van der Waals surface area (Å²) in [6, 6.07) is 10.7. The van der Waals surface area contributed by atoms with E-state index < -0.39 is 0 Å². The zero-order valence-electron chi connectivity index (χ0n) is 13.1. The van der Waals surface area contributed by atoms with Gasteiger partial charge in [-0.05, 0) is 25.7 Å². The van der Waals surface area contributed by atoms with Crippen molar-refractivity contribution < 1.29 is 4.79 Å². The third-order valence-corrected chi connectivity index (χ3v) is 5.52. The number of aromatic nitrogens is 1. The van der Waals surface area contributed by atoms with Gasteiger partial charge in [-0.3, -0.25) is 4.79 Å². The number of carbonyl (C=O) groups excluding carboxylic acids is 1. The van der Waals surface area contributed by atoms with E-state index in [1.807, 2.05) is 18.2 Å². The van der Waals surface area contributed by atoms with Crippen LogP contribution < -0.4 is 10.2 Å². The largest absolute Gasteiger partial charge is 0.353 e. The molecule has 1 aromatic carbocycles. The van der Waals surface area contributed by atoms with Crippen molar-refractivity contribution in [3.8, 4) is 11.3 Å². The van der Waals surface area contributed by atoms with Crippen molar-refractivity contribution in [3.05, 3.63) is 35.7 Å². The highest BCUT2D eigenvalue weighted by Crippen LogP contribution is 2.30. The minimum atomic E-state index is 0.181. The van der Waals surface area contributed by atoms with Crippen molar-refractivity contribution in [1.82, 2.24) is 10.3 Å². The highest BCUT2D eigenvalue weighted by molar-refractivity contribution is 7.14. The third kappa shape index (κ3) is 3.39. The highest BCUT2D eigenvalue weighted by Gasteiger charge is 2.30. The molecule has 0 atom stereocenters. The smallest absolute Gasteiger partial charge is 0.223 e. The van der Waals surface area contributed by atoms with Crippen LogP contribution in [0.4, 0.5) is 5.13 Å². The molecule has 1 saturated carbocycles. The molecule has 0 bridgehead atoms. The molecule has 2 aliphatic rings. The van der Waals surface area contributed by atoms with Crippen LogP contribution >= 0.6 is 11.3 Å². The van der Waals surface area contributed by atoms with Crippen LogP contribution in [0.1, 0.15) is 25.7 Å². The molecule has 0 unspecified atom stereocenters. The number of nitrogens with one attached hydrogen (secondary N) is 1. The second kappa shape index (κ2) is 6.32. The first-order chi connectivity index (χ1) is 11.3. The Hall–Kier alpha value is -1.88. The van der Waals surface area contributed by atoms with Crippen LogP contribution in [0.25, 0.3) is 11.3 Å². The number of piperidine rings is 1. The van der Waals surface area contributed by atoms with Gasteiger partial charge in [0.25, 0.3) is 0 Å². The molecule has 1 N–H and O–H groups in total. The summed E-state index contributed by atoms with van der Waals surface area (Å²) in [4.78, 5) is 19.2. The van der Waals surface area contributed by atoms with E-state index in [1.54, 1.807) is 11.3 Å². The van der Waals surface area contributed by atoms with Crippen molar-refractivity contribution in [3.63, 3.8) is 0 Å². The number of hydrogen-bond acceptors (Lipinski definition) is 4. The van der Waals surface area contributed by atoms with E-state index in [1.165, 1.54) is 0 Å². The van der Waals surface area contributed by atoms with Crippen molar-refractivity contribution in [2.75, 3.05) is 18.0 Å². The van der Waals surface area contributed by atoms with Crippen molar-refractivity contribution in [1.29, 1.82) is 0 Å². The molecule has 1 saturated heterocycles. The van der Waals surface area contributed by atoms with Crippen molar-refractivity contribution in [2.24, 2.45) is 5.92 Å². The maximum atomic E-state index is 12.1. The predicted molar refractivity (Wildman–Crippen MR) is 93.7 cm³/mol. The van der Waals surface area contributed by atoms with Gasteiger partial charge >= 0.3 is 0 Å². The van der Waals surface area contributed by atoms with Crippen molar-refractivity contribution >= 4 is 22.4 Å². The number of benzene rings is 1. The molecule has 4 nitrogen and oxygen atoms in total. The number of anilines is 1. The van der Waals surface area contributed by atoms with Gasteiger partial charge in [0.2, 0.25) is 5.91 Å². The molecule has 0 radical (unpaired) electrons. The fourth-order valence-electron chi connectivity index (χ4n) is 3.03. The van der Waals surface area contributed by atoms with Crippen LogP contribution in [-0.2, 0) is 4.79 Å². The average Bonchev–Trinajstić information content (AvgIpc) is 3.27. The lowest BCUT2D eigenvalue weighted by atomic mass is 9.96. The van der Waals surface area contributed by atoms with Crippen LogP contribution in [0.15, 0.2) is 35.7 Å². The van der Waals surface area contributed by atoms with E-state index in [0.29, 0.717) is 6.04 Å². The second-order valence-corrected chi connectivity index (χ2v) is 7.26. The molecule has 2 heterocycles. The van der Waals surface area contributed by atoms with Crippen LogP contribution in [-0.4, -0.2) is 30.0 Å². The number of thiazole rings is 1. The van der Waals surface area contributed by atoms with Crippen molar-refractivity contribution in [2.45, 2.75) is 31.7 Å². The Balaban J connectivity index is 1.37. The summed E-state index contributed by atoms with van der Waals surface area (Å²) < 4.78 is 0. The van der Waals surface area contributed by atoms with Crippen LogP contribution in [0, 0.1) is 5.92 Å². The molecule has 2 fully saturated rings. The summed E-state index contributed by atoms with van der Waals surface area (Å²) in [5.74, 6) is 0.441. The fraction of sp³-hybridized carbons (Fsp3) is 0.444. The molecule has 4 rings (SSSR count). The highest BCUT2D eigenvalue weighted by atomic mass is 32.1. The first-order valence-corrected chi connectivity index (χ1v) is 9.24. The first kappa shape index (κ1) is 14.7. The fourth-order valence-corrected chi connectivity index (χ4v) is 3.92. The SMILES string of the molecule is O=C(NC1CC1)C1CCN(c2nc(-c3ccccc3)cs2)CC1. The number of amides is 1. The van der Waals surface area contributed by atoms with E-state index in [4.69, 9.17) is 4.98 Å². The lowest BCUT2D eigenvalue weighted by Gasteiger charge is -2.31. The maximum absolute atomic E-state index is 12.1. The molecule has 120 valence electrons. The Morgan fingerprint density at radius 2 is 1.87 bits per heavy atom. The van der Waals surface area contributed by atoms with Crippen LogP contribution in [0.3, 0.4) is 0 Å². The lowest BCUT2D eigenvalue weighted by molar-refractivity contribution is -0.125. The van der Waals surface area contributed by atoms with Gasteiger partial charge in [0, 0.05) is 36.0 Å². The van der Waals surface area contributed by atoms with Gasteiger partial charge in [0.05, 0.1) is 5.69 Å². The maximum Gasteiger partial charge on any atom is 0.223 e. The standard InChI is InChI=1S/C18H21N3OS/c22-17(19-15-6-7-15)14-8-10-21(11-9-14)18-20-16(12-23-18)13-4-2-1-3-5-13/h1-5,12,14-15H,6-11H2,(H,19,22). The van der Waals surface area contributed by atoms with E-state index >= 15 is 0 Å². The van der Waals surface area contributed by atoms with E-state index in [9.17, 15) is 4.79 Å². The molecular formula is C18H21N3OS. The van der Waals surface area contributed by atoms with Gasteiger partial charge in [-0.2, -0.15) is 0 Å². The van der Waals surface area contributed by atoms with Crippen LogP contribution in [0.2, 0.25) is 0 Å². The second-order valence-electron chi connectivity index (χ2n) is 6.43. The Morgan fingerprint density at radius 1 is 1.13 bits per heavy atom. The molecule has 1 amide bonds. The number of carbonyl (C=O) groups is 1. The Bertz CT molecular complexity index is 673. The first-order valence-electron chi connectivity index (χ1n) is 8.36. The molecule has 5 heteroatoms. The van der Waals surface area contributed by atoms with Gasteiger partial charge in [-0.1, -0.05) is 30.3 Å². The summed E-state index contributed by atoms with van der Waals surface area (Å²) in [7, 11) is 0. The van der Waals surface area contributed by atoms with E-state index in [0.717, 1.165) is 55.2 Å². The summed E-state index contributed by atoms with van der Waals surface area (Å²) in [6.07, 6.45) is 4.18. The Kier molecular flexibility index (Phi) is 4.04. The molecule has 0 spiro atoms. The quantitative estimate of drug-likeness (QED) is 0.937. The van der Waals surface area contributed by atoms with Crippen LogP contribution in [0.5, 0.6) is 0 Å². The molecule has 1 aliphatic heterocycles. The van der Waals surface area contributed by atoms with E-state index in [2.05, 4.69) is 27.7 Å².